The predicted octanol–water partition coefficient (Wildman–Crippen LogP) is 3.56. The van der Waals surface area contributed by atoms with E-state index in [4.69, 9.17) is 0 Å². The van der Waals surface area contributed by atoms with Gasteiger partial charge in [-0.15, -0.1) is 0 Å². The number of rotatable bonds is 6. The van der Waals surface area contributed by atoms with E-state index in [1.165, 1.54) is 12.1 Å². The lowest BCUT2D eigenvalue weighted by atomic mass is 10.2. The highest BCUT2D eigenvalue weighted by molar-refractivity contribution is 5.49. The third-order valence-corrected chi connectivity index (χ3v) is 3.01. The molecule has 0 saturated heterocycles. The zero-order chi connectivity index (χ0) is 14.5. The maximum Gasteiger partial charge on any atom is 0.304 e. The molecule has 0 aliphatic heterocycles. The molecule has 1 heterocycles. The summed E-state index contributed by atoms with van der Waals surface area (Å²) in [6.07, 6.45) is 3.03. The van der Waals surface area contributed by atoms with Gasteiger partial charge in [0.25, 0.3) is 0 Å². The van der Waals surface area contributed by atoms with Gasteiger partial charge in [-0.2, -0.15) is 4.39 Å². The summed E-state index contributed by atoms with van der Waals surface area (Å²) in [5, 5.41) is 13.6. The van der Waals surface area contributed by atoms with Crippen LogP contribution in [0.15, 0.2) is 36.5 Å². The van der Waals surface area contributed by atoms with Crippen molar-refractivity contribution in [1.82, 2.24) is 4.57 Å². The Morgan fingerprint density at radius 1 is 1.40 bits per heavy atom. The van der Waals surface area contributed by atoms with Gasteiger partial charge in [-0.3, -0.25) is 10.1 Å². The number of hydrogen-bond donors (Lipinski definition) is 1. The van der Waals surface area contributed by atoms with Crippen LogP contribution in [-0.4, -0.2) is 9.49 Å². The van der Waals surface area contributed by atoms with Gasteiger partial charge in [0.15, 0.2) is 0 Å². The van der Waals surface area contributed by atoms with E-state index < -0.39 is 16.4 Å². The Bertz CT molecular complexity index is 610. The number of aryl methyl sites for hydroxylation is 1. The van der Waals surface area contributed by atoms with Gasteiger partial charge in [0.05, 0.1) is 11.5 Å². The van der Waals surface area contributed by atoms with Crippen LogP contribution in [0.1, 0.15) is 19.0 Å². The molecule has 0 bridgehead atoms. The van der Waals surface area contributed by atoms with E-state index in [2.05, 4.69) is 16.8 Å². The maximum absolute atomic E-state index is 13.5. The monoisotopic (exact) mass is 277 g/mol. The normalized spacial score (nSPS) is 10.5. The van der Waals surface area contributed by atoms with E-state index >= 15 is 0 Å². The van der Waals surface area contributed by atoms with Crippen LogP contribution < -0.4 is 5.32 Å². The molecule has 0 unspecified atom stereocenters. The third kappa shape index (κ3) is 3.14. The molecule has 0 spiro atoms. The molecule has 0 aliphatic carbocycles. The minimum atomic E-state index is -0.830. The van der Waals surface area contributed by atoms with Crippen molar-refractivity contribution in [2.24, 2.45) is 0 Å². The molecule has 0 fully saturated rings. The van der Waals surface area contributed by atoms with Gasteiger partial charge in [0, 0.05) is 36.3 Å². The fourth-order valence-corrected chi connectivity index (χ4v) is 2.03. The van der Waals surface area contributed by atoms with Crippen LogP contribution in [0.4, 0.5) is 15.8 Å². The van der Waals surface area contributed by atoms with Crippen molar-refractivity contribution in [1.29, 1.82) is 0 Å². The second-order valence-corrected chi connectivity index (χ2v) is 4.47. The largest absolute Gasteiger partial charge is 0.379 e. The molecular weight excluding hydrogens is 261 g/mol. The molecule has 0 radical (unpaired) electrons. The first-order valence-corrected chi connectivity index (χ1v) is 6.43. The first kappa shape index (κ1) is 14.0. The smallest absolute Gasteiger partial charge is 0.304 e. The van der Waals surface area contributed by atoms with Crippen molar-refractivity contribution in [2.75, 3.05) is 5.32 Å². The summed E-state index contributed by atoms with van der Waals surface area (Å²) in [6, 6.07) is 7.77. The van der Waals surface area contributed by atoms with Crippen molar-refractivity contribution >= 4 is 11.4 Å². The fourth-order valence-electron chi connectivity index (χ4n) is 2.03. The molecule has 2 aromatic rings. The number of hydrogen-bond acceptors (Lipinski definition) is 3. The van der Waals surface area contributed by atoms with Crippen LogP contribution in [-0.2, 0) is 13.1 Å². The summed E-state index contributed by atoms with van der Waals surface area (Å²) in [6.45, 7) is 3.58. The lowest BCUT2D eigenvalue weighted by Gasteiger charge is -2.10. The highest BCUT2D eigenvalue weighted by Crippen LogP contribution is 2.21. The minimum Gasteiger partial charge on any atom is -0.379 e. The number of nitrogens with one attached hydrogen (secondary N) is 1. The molecule has 2 rings (SSSR count). The quantitative estimate of drug-likeness (QED) is 0.648. The Balaban J connectivity index is 2.05. The van der Waals surface area contributed by atoms with Crippen LogP contribution in [0.5, 0.6) is 0 Å². The standard InChI is InChI=1S/C14H16FN3O2/c1-2-7-17-8-3-4-12(17)10-16-11-5-6-14(18(19)20)13(15)9-11/h3-6,8-9,16H,2,7,10H2,1H3. The molecule has 5 nitrogen and oxygen atoms in total. The highest BCUT2D eigenvalue weighted by Gasteiger charge is 2.13. The second kappa shape index (κ2) is 6.18. The molecule has 0 saturated carbocycles. The molecular formula is C14H16FN3O2. The lowest BCUT2D eigenvalue weighted by Crippen LogP contribution is -2.07. The molecule has 106 valence electrons. The van der Waals surface area contributed by atoms with Crippen LogP contribution in [0.3, 0.4) is 0 Å². The van der Waals surface area contributed by atoms with Crippen molar-refractivity contribution < 1.29 is 9.31 Å². The maximum atomic E-state index is 13.5. The molecule has 0 amide bonds. The molecule has 0 atom stereocenters. The minimum absolute atomic E-state index is 0.509. The Kier molecular flexibility index (Phi) is 4.34. The predicted molar refractivity (Wildman–Crippen MR) is 75.1 cm³/mol. The van der Waals surface area contributed by atoms with E-state index in [-0.39, 0.29) is 0 Å². The van der Waals surface area contributed by atoms with Crippen molar-refractivity contribution in [3.05, 3.63) is 58.2 Å². The molecule has 1 aromatic heterocycles. The second-order valence-electron chi connectivity index (χ2n) is 4.47. The summed E-state index contributed by atoms with van der Waals surface area (Å²) in [4.78, 5) is 9.81. The first-order valence-electron chi connectivity index (χ1n) is 6.43. The highest BCUT2D eigenvalue weighted by atomic mass is 19.1. The van der Waals surface area contributed by atoms with Crippen molar-refractivity contribution in [3.63, 3.8) is 0 Å². The molecule has 20 heavy (non-hydrogen) atoms. The number of anilines is 1. The number of nitro benzene ring substituents is 1. The van der Waals surface area contributed by atoms with Gasteiger partial charge in [0.1, 0.15) is 0 Å². The van der Waals surface area contributed by atoms with E-state index in [1.54, 1.807) is 0 Å². The lowest BCUT2D eigenvalue weighted by molar-refractivity contribution is -0.387. The number of aromatic nitrogens is 1. The number of benzene rings is 1. The van der Waals surface area contributed by atoms with Crippen molar-refractivity contribution in [3.8, 4) is 0 Å². The average Bonchev–Trinajstić information content (AvgIpc) is 2.84. The topological polar surface area (TPSA) is 60.1 Å². The van der Waals surface area contributed by atoms with Crippen LogP contribution in [0, 0.1) is 15.9 Å². The molecule has 1 N–H and O–H groups in total. The number of nitro groups is 1. The van der Waals surface area contributed by atoms with Gasteiger partial charge < -0.3 is 9.88 Å². The van der Waals surface area contributed by atoms with Gasteiger partial charge in [-0.05, 0) is 24.6 Å². The number of halogens is 1. The average molecular weight is 277 g/mol. The van der Waals surface area contributed by atoms with Crippen molar-refractivity contribution in [2.45, 2.75) is 26.4 Å². The first-order chi connectivity index (χ1) is 9.61. The van der Waals surface area contributed by atoms with Gasteiger partial charge in [-0.1, -0.05) is 6.92 Å². The number of nitrogens with zero attached hydrogens (tertiary/aromatic N) is 2. The van der Waals surface area contributed by atoms with E-state index in [0.717, 1.165) is 24.7 Å². The summed E-state index contributed by atoms with van der Waals surface area (Å²) in [7, 11) is 0. The molecule has 0 aliphatic rings. The fraction of sp³-hybridized carbons (Fsp3) is 0.286. The van der Waals surface area contributed by atoms with E-state index in [9.17, 15) is 14.5 Å². The van der Waals surface area contributed by atoms with Gasteiger partial charge in [-0.25, -0.2) is 0 Å². The van der Waals surface area contributed by atoms with Crippen LogP contribution in [0.2, 0.25) is 0 Å². The van der Waals surface area contributed by atoms with Gasteiger partial charge in [0.2, 0.25) is 5.82 Å². The van der Waals surface area contributed by atoms with E-state index in [1.807, 2.05) is 18.3 Å². The van der Waals surface area contributed by atoms with E-state index in [0.29, 0.717) is 12.2 Å². The zero-order valence-corrected chi connectivity index (χ0v) is 11.2. The SMILES string of the molecule is CCCn1cccc1CNc1ccc([N+](=O)[O-])c(F)c1. The summed E-state index contributed by atoms with van der Waals surface area (Å²) < 4.78 is 15.6. The van der Waals surface area contributed by atoms with Crippen LogP contribution >= 0.6 is 0 Å². The summed E-state index contributed by atoms with van der Waals surface area (Å²) in [5.74, 6) is -0.830. The Morgan fingerprint density at radius 3 is 2.85 bits per heavy atom. The molecule has 1 aromatic carbocycles. The van der Waals surface area contributed by atoms with Gasteiger partial charge >= 0.3 is 5.69 Å². The Labute approximate surface area is 116 Å². The summed E-state index contributed by atoms with van der Waals surface area (Å²) >= 11 is 0. The zero-order valence-electron chi connectivity index (χ0n) is 11.2. The Morgan fingerprint density at radius 2 is 2.20 bits per heavy atom. The Hall–Kier alpha value is -2.37. The summed E-state index contributed by atoms with van der Waals surface area (Å²) in [5.41, 5.74) is 1.10. The van der Waals surface area contributed by atoms with Crippen LogP contribution in [0.25, 0.3) is 0 Å². The molecule has 6 heteroatoms. The third-order valence-electron chi connectivity index (χ3n) is 3.01.